The Morgan fingerprint density at radius 3 is 1.69 bits per heavy atom. The second kappa shape index (κ2) is 26.5. The Balaban J connectivity index is 0. The zero-order valence-corrected chi connectivity index (χ0v) is 21.6. The summed E-state index contributed by atoms with van der Waals surface area (Å²) in [5.74, 6) is -0.195. The van der Waals surface area contributed by atoms with Crippen LogP contribution in [0.15, 0.2) is 0 Å². The number of Topliss-reactive ketones (excluding diaryl/α,β-unsaturated/α-hetero) is 1. The number of hydrogen-bond acceptors (Lipinski definition) is 9. The Hall–Kier alpha value is -2.12. The van der Waals surface area contributed by atoms with Crippen molar-refractivity contribution < 1.29 is 43.2 Å². The molecule has 2 amide bonds. The maximum absolute atomic E-state index is 11.6. The summed E-state index contributed by atoms with van der Waals surface area (Å²) < 4.78 is 21.2. The van der Waals surface area contributed by atoms with E-state index in [1.165, 1.54) is 0 Å². The van der Waals surface area contributed by atoms with Gasteiger partial charge in [-0.1, -0.05) is 27.7 Å². The van der Waals surface area contributed by atoms with Crippen LogP contribution in [0, 0.1) is 5.92 Å². The number of ether oxygens (including phenoxy) is 4. The van der Waals surface area contributed by atoms with Gasteiger partial charge in [0.1, 0.15) is 19.0 Å². The average Bonchev–Trinajstić information content (AvgIpc) is 2.80. The minimum absolute atomic E-state index is 0.0164. The number of hydrogen-bond donors (Lipinski definition) is 4. The van der Waals surface area contributed by atoms with E-state index in [0.29, 0.717) is 65.0 Å². The van der Waals surface area contributed by atoms with Gasteiger partial charge in [-0.25, -0.2) is 0 Å². The number of rotatable bonds is 22. The molecular weight excluding hydrogens is 462 g/mol. The number of amides is 2. The first-order valence-corrected chi connectivity index (χ1v) is 11.9. The van der Waals surface area contributed by atoms with Gasteiger partial charge in [0.05, 0.1) is 39.6 Å². The van der Waals surface area contributed by atoms with Crippen molar-refractivity contribution in [1.29, 1.82) is 0 Å². The van der Waals surface area contributed by atoms with E-state index in [1.807, 2.05) is 13.8 Å². The Labute approximate surface area is 208 Å². The predicted molar refractivity (Wildman–Crippen MR) is 130 cm³/mol. The van der Waals surface area contributed by atoms with Crippen LogP contribution in [-0.2, 0) is 38.1 Å². The third kappa shape index (κ3) is 29.8. The summed E-state index contributed by atoms with van der Waals surface area (Å²) in [6.07, 6.45) is 1.10. The summed E-state index contributed by atoms with van der Waals surface area (Å²) in [7, 11) is 0. The van der Waals surface area contributed by atoms with Crippen molar-refractivity contribution in [3.8, 4) is 0 Å². The molecule has 0 aromatic carbocycles. The van der Waals surface area contributed by atoms with Gasteiger partial charge in [-0.3, -0.25) is 19.2 Å². The second-order valence-electron chi connectivity index (χ2n) is 7.97. The highest BCUT2D eigenvalue weighted by molar-refractivity contribution is 5.80. The van der Waals surface area contributed by atoms with Crippen LogP contribution < -0.4 is 16.0 Å². The molecule has 0 aliphatic rings. The highest BCUT2D eigenvalue weighted by atomic mass is 16.5. The van der Waals surface area contributed by atoms with E-state index >= 15 is 0 Å². The van der Waals surface area contributed by atoms with Gasteiger partial charge in [-0.05, 0) is 6.42 Å². The Morgan fingerprint density at radius 1 is 0.743 bits per heavy atom. The van der Waals surface area contributed by atoms with E-state index in [-0.39, 0.29) is 49.8 Å². The summed E-state index contributed by atoms with van der Waals surface area (Å²) in [6, 6.07) is 0.436. The van der Waals surface area contributed by atoms with Crippen LogP contribution in [0.1, 0.15) is 40.5 Å². The maximum atomic E-state index is 11.6. The van der Waals surface area contributed by atoms with E-state index in [1.54, 1.807) is 0 Å². The highest BCUT2D eigenvalue weighted by Crippen LogP contribution is 2.00. The largest absolute Gasteiger partial charge is 0.483 e. The Bertz CT molecular complexity index is 546. The van der Waals surface area contributed by atoms with Gasteiger partial charge in [0.2, 0.25) is 11.8 Å². The molecule has 0 saturated heterocycles. The predicted octanol–water partition coefficient (Wildman–Crippen LogP) is -0.0107. The van der Waals surface area contributed by atoms with Crippen LogP contribution in [0.5, 0.6) is 0 Å². The van der Waals surface area contributed by atoms with Gasteiger partial charge in [0, 0.05) is 38.0 Å². The molecule has 12 nitrogen and oxygen atoms in total. The normalized spacial score (nSPS) is 10.6. The molecule has 0 spiro atoms. The van der Waals surface area contributed by atoms with Gasteiger partial charge in [0.15, 0.2) is 0 Å². The second-order valence-corrected chi connectivity index (χ2v) is 7.97. The minimum Gasteiger partial charge on any atom is -0.483 e. The number of carboxylic acid groups (broad SMARTS) is 1. The lowest BCUT2D eigenvalue weighted by atomic mass is 10.1. The van der Waals surface area contributed by atoms with Crippen molar-refractivity contribution in [3.63, 3.8) is 0 Å². The van der Waals surface area contributed by atoms with Gasteiger partial charge < -0.3 is 40.0 Å². The minimum atomic E-state index is -0.250. The molecule has 4 N–H and O–H groups in total. The third-order valence-electron chi connectivity index (χ3n) is 4.14. The zero-order valence-electron chi connectivity index (χ0n) is 21.6. The first-order valence-electron chi connectivity index (χ1n) is 11.9. The lowest BCUT2D eigenvalue weighted by molar-refractivity contribution is -0.127. The first kappa shape index (κ1) is 35.0. The van der Waals surface area contributed by atoms with Crippen molar-refractivity contribution in [2.24, 2.45) is 5.92 Å². The molecule has 0 radical (unpaired) electrons. The lowest BCUT2D eigenvalue weighted by Crippen LogP contribution is -2.31. The van der Waals surface area contributed by atoms with E-state index in [9.17, 15) is 14.4 Å². The van der Waals surface area contributed by atoms with E-state index in [0.717, 1.165) is 6.54 Å². The summed E-state index contributed by atoms with van der Waals surface area (Å²) in [6.45, 7) is 11.6. The summed E-state index contributed by atoms with van der Waals surface area (Å²) in [4.78, 5) is 43.0. The molecule has 0 fully saturated rings. The molecule has 0 rings (SSSR count). The molecule has 0 aromatic heterocycles. The summed E-state index contributed by atoms with van der Waals surface area (Å²) in [5, 5.41) is 15.5. The van der Waals surface area contributed by atoms with Crippen LogP contribution in [-0.4, -0.2) is 108 Å². The number of nitrogens with one attached hydrogen (secondary N) is 3. The SMILES string of the molecule is CC(C)NCCOCCOCC(=O)NCCOCCOCC(=O)NCCCC(=O)C(C)C.O=CO. The van der Waals surface area contributed by atoms with E-state index in [2.05, 4.69) is 29.8 Å². The van der Waals surface area contributed by atoms with Crippen molar-refractivity contribution >= 4 is 24.1 Å². The highest BCUT2D eigenvalue weighted by Gasteiger charge is 2.07. The van der Waals surface area contributed by atoms with Gasteiger partial charge in [0.25, 0.3) is 6.47 Å². The molecule has 0 saturated carbocycles. The Kier molecular flexibility index (Phi) is 26.5. The van der Waals surface area contributed by atoms with Crippen molar-refractivity contribution in [2.75, 3.05) is 72.5 Å². The molecule has 0 unspecified atom stereocenters. The van der Waals surface area contributed by atoms with Crippen LogP contribution in [0.25, 0.3) is 0 Å². The maximum Gasteiger partial charge on any atom is 0.290 e. The molecule has 12 heteroatoms. The van der Waals surface area contributed by atoms with Crippen LogP contribution >= 0.6 is 0 Å². The van der Waals surface area contributed by atoms with E-state index < -0.39 is 0 Å². The van der Waals surface area contributed by atoms with Crippen LogP contribution in [0.3, 0.4) is 0 Å². The molecule has 0 aliphatic carbocycles. The topological polar surface area (TPSA) is 162 Å². The zero-order chi connectivity index (χ0) is 26.7. The van der Waals surface area contributed by atoms with Crippen molar-refractivity contribution in [1.82, 2.24) is 16.0 Å². The molecule has 206 valence electrons. The van der Waals surface area contributed by atoms with Crippen LogP contribution in [0.4, 0.5) is 0 Å². The number of ketones is 1. The molecular formula is C23H45N3O9. The number of carbonyl (C=O) groups is 4. The summed E-state index contributed by atoms with van der Waals surface area (Å²) in [5.41, 5.74) is 0. The van der Waals surface area contributed by atoms with Gasteiger partial charge >= 0.3 is 0 Å². The first-order chi connectivity index (χ1) is 16.7. The molecule has 0 heterocycles. The third-order valence-corrected chi connectivity index (χ3v) is 4.14. The monoisotopic (exact) mass is 507 g/mol. The van der Waals surface area contributed by atoms with Crippen LogP contribution in [0.2, 0.25) is 0 Å². The quantitative estimate of drug-likeness (QED) is 0.116. The molecule has 0 aliphatic heterocycles. The molecule has 0 atom stereocenters. The summed E-state index contributed by atoms with van der Waals surface area (Å²) >= 11 is 0. The average molecular weight is 508 g/mol. The van der Waals surface area contributed by atoms with E-state index in [4.69, 9.17) is 28.8 Å². The van der Waals surface area contributed by atoms with Crippen molar-refractivity contribution in [2.45, 2.75) is 46.6 Å². The lowest BCUT2D eigenvalue weighted by Gasteiger charge is -2.09. The fraction of sp³-hybridized carbons (Fsp3) is 0.826. The smallest absolute Gasteiger partial charge is 0.290 e. The molecule has 0 aromatic rings. The fourth-order valence-corrected chi connectivity index (χ4v) is 2.33. The molecule has 35 heavy (non-hydrogen) atoms. The van der Waals surface area contributed by atoms with Gasteiger partial charge in [-0.15, -0.1) is 0 Å². The Morgan fingerprint density at radius 2 is 1.20 bits per heavy atom. The van der Waals surface area contributed by atoms with Gasteiger partial charge in [-0.2, -0.15) is 0 Å². The number of carbonyl (C=O) groups excluding carboxylic acids is 3. The fourth-order valence-electron chi connectivity index (χ4n) is 2.33. The van der Waals surface area contributed by atoms with Crippen molar-refractivity contribution in [3.05, 3.63) is 0 Å². The molecule has 0 bridgehead atoms. The standard InChI is InChI=1S/C22H43N3O7.CH2O2/c1-18(2)20(26)6-5-7-24-21(27)16-31-15-13-30-11-9-25-22(28)17-32-14-12-29-10-8-23-19(3)4;2-1-3/h18-19,23H,5-17H2,1-4H3,(H,24,27)(H,25,28);1H,(H,2,3).